The lowest BCUT2D eigenvalue weighted by Crippen LogP contribution is -2.23. The van der Waals surface area contributed by atoms with E-state index in [1.807, 2.05) is 18.2 Å². The number of benzene rings is 1. The van der Waals surface area contributed by atoms with Crippen LogP contribution in [0.25, 0.3) is 0 Å². The Morgan fingerprint density at radius 2 is 2.38 bits per heavy atom. The molecule has 1 atom stereocenters. The Hall–Kier alpha value is -1.06. The number of fused-ring (bicyclic) bond motifs is 1. The summed E-state index contributed by atoms with van der Waals surface area (Å²) in [5.74, 6) is 0.858. The second kappa shape index (κ2) is 3.36. The van der Waals surface area contributed by atoms with Crippen molar-refractivity contribution in [3.05, 3.63) is 29.3 Å². The molecule has 1 aliphatic heterocycles. The molecule has 1 aliphatic rings. The predicted molar refractivity (Wildman–Crippen MR) is 49.6 cm³/mol. The first kappa shape index (κ1) is 8.53. The second-order valence-corrected chi connectivity index (χ2v) is 3.19. The molecule has 2 N–H and O–H groups in total. The van der Waals surface area contributed by atoms with Gasteiger partial charge in [0.2, 0.25) is 0 Å². The molecule has 0 saturated heterocycles. The summed E-state index contributed by atoms with van der Waals surface area (Å²) in [5, 5.41) is 0. The topological polar surface area (TPSA) is 44.5 Å². The Balaban J connectivity index is 2.39. The Labute approximate surface area is 77.5 Å². The summed E-state index contributed by atoms with van der Waals surface area (Å²) in [5.41, 5.74) is 8.18. The number of nitrogens with two attached hydrogens (primary N) is 1. The molecule has 0 bridgehead atoms. The highest BCUT2D eigenvalue weighted by Crippen LogP contribution is 2.26. The van der Waals surface area contributed by atoms with Gasteiger partial charge in [0, 0.05) is 0 Å². The van der Waals surface area contributed by atoms with Crippen molar-refractivity contribution in [2.45, 2.75) is 12.6 Å². The van der Waals surface area contributed by atoms with Crippen LogP contribution < -0.4 is 10.5 Å². The molecular weight excluding hydrogens is 166 g/mol. The molecule has 2 rings (SSSR count). The SMILES string of the molecule is COc1ccc2c(c1)COC[C@@H]2N. The highest BCUT2D eigenvalue weighted by Gasteiger charge is 2.17. The molecule has 0 saturated carbocycles. The highest BCUT2D eigenvalue weighted by molar-refractivity contribution is 5.38. The Morgan fingerprint density at radius 1 is 1.54 bits per heavy atom. The maximum absolute atomic E-state index is 5.87. The lowest BCUT2D eigenvalue weighted by Gasteiger charge is -2.22. The van der Waals surface area contributed by atoms with Gasteiger partial charge in [-0.3, -0.25) is 0 Å². The van der Waals surface area contributed by atoms with E-state index in [2.05, 4.69) is 0 Å². The van der Waals surface area contributed by atoms with E-state index in [0.717, 1.165) is 11.3 Å². The van der Waals surface area contributed by atoms with Crippen LogP contribution in [-0.4, -0.2) is 13.7 Å². The fourth-order valence-electron chi connectivity index (χ4n) is 1.58. The van der Waals surface area contributed by atoms with Gasteiger partial charge < -0.3 is 15.2 Å². The molecular formula is C10H13NO2. The van der Waals surface area contributed by atoms with Crippen LogP contribution in [-0.2, 0) is 11.3 Å². The average Bonchev–Trinajstić information content (AvgIpc) is 2.18. The smallest absolute Gasteiger partial charge is 0.119 e. The fourth-order valence-corrected chi connectivity index (χ4v) is 1.58. The third kappa shape index (κ3) is 1.53. The Kier molecular flexibility index (Phi) is 2.20. The summed E-state index contributed by atoms with van der Waals surface area (Å²) in [6, 6.07) is 5.94. The van der Waals surface area contributed by atoms with E-state index >= 15 is 0 Å². The minimum atomic E-state index is 0.00894. The standard InChI is InChI=1S/C10H13NO2/c1-12-8-2-3-9-7(4-8)5-13-6-10(9)11/h2-4,10H,5-6,11H2,1H3/t10-/m0/s1. The van der Waals surface area contributed by atoms with Crippen molar-refractivity contribution >= 4 is 0 Å². The zero-order valence-corrected chi connectivity index (χ0v) is 7.62. The zero-order valence-electron chi connectivity index (χ0n) is 7.62. The van der Waals surface area contributed by atoms with Gasteiger partial charge in [0.15, 0.2) is 0 Å². The minimum Gasteiger partial charge on any atom is -0.497 e. The minimum absolute atomic E-state index is 0.00894. The molecule has 0 radical (unpaired) electrons. The monoisotopic (exact) mass is 179 g/mol. The van der Waals surface area contributed by atoms with E-state index in [0.29, 0.717) is 13.2 Å². The summed E-state index contributed by atoms with van der Waals surface area (Å²) in [6.45, 7) is 1.25. The lowest BCUT2D eigenvalue weighted by molar-refractivity contribution is 0.0922. The molecule has 0 unspecified atom stereocenters. The molecule has 1 aromatic carbocycles. The number of methoxy groups -OCH3 is 1. The Morgan fingerprint density at radius 3 is 3.15 bits per heavy atom. The van der Waals surface area contributed by atoms with E-state index in [-0.39, 0.29) is 6.04 Å². The van der Waals surface area contributed by atoms with Crippen LogP contribution in [0.5, 0.6) is 5.75 Å². The quantitative estimate of drug-likeness (QED) is 0.705. The summed E-state index contributed by atoms with van der Waals surface area (Å²) in [6.07, 6.45) is 0. The van der Waals surface area contributed by atoms with E-state index in [9.17, 15) is 0 Å². The van der Waals surface area contributed by atoms with Crippen LogP contribution >= 0.6 is 0 Å². The summed E-state index contributed by atoms with van der Waals surface area (Å²) in [7, 11) is 1.66. The highest BCUT2D eigenvalue weighted by atomic mass is 16.5. The first-order chi connectivity index (χ1) is 6.31. The summed E-state index contributed by atoms with van der Waals surface area (Å²) in [4.78, 5) is 0. The van der Waals surface area contributed by atoms with Gasteiger partial charge >= 0.3 is 0 Å². The first-order valence-corrected chi connectivity index (χ1v) is 4.31. The van der Waals surface area contributed by atoms with E-state index in [1.54, 1.807) is 7.11 Å². The van der Waals surface area contributed by atoms with Gasteiger partial charge in [0.25, 0.3) is 0 Å². The van der Waals surface area contributed by atoms with Gasteiger partial charge in [-0.15, -0.1) is 0 Å². The first-order valence-electron chi connectivity index (χ1n) is 4.31. The van der Waals surface area contributed by atoms with Crippen molar-refractivity contribution < 1.29 is 9.47 Å². The molecule has 13 heavy (non-hydrogen) atoms. The van der Waals surface area contributed by atoms with Gasteiger partial charge in [-0.05, 0) is 23.3 Å². The maximum atomic E-state index is 5.87. The van der Waals surface area contributed by atoms with Crippen molar-refractivity contribution in [1.29, 1.82) is 0 Å². The van der Waals surface area contributed by atoms with Gasteiger partial charge in [0.05, 0.1) is 26.4 Å². The number of ether oxygens (including phenoxy) is 2. The number of hydrogen-bond acceptors (Lipinski definition) is 3. The molecule has 1 heterocycles. The zero-order chi connectivity index (χ0) is 9.26. The van der Waals surface area contributed by atoms with Crippen molar-refractivity contribution in [1.82, 2.24) is 0 Å². The van der Waals surface area contributed by atoms with Gasteiger partial charge in [-0.25, -0.2) is 0 Å². The van der Waals surface area contributed by atoms with E-state index in [4.69, 9.17) is 15.2 Å². The molecule has 0 fully saturated rings. The molecule has 3 heteroatoms. The van der Waals surface area contributed by atoms with Gasteiger partial charge in [-0.1, -0.05) is 6.07 Å². The van der Waals surface area contributed by atoms with Gasteiger partial charge in [0.1, 0.15) is 5.75 Å². The van der Waals surface area contributed by atoms with Crippen LogP contribution in [0.15, 0.2) is 18.2 Å². The van der Waals surface area contributed by atoms with Crippen molar-refractivity contribution in [2.24, 2.45) is 5.73 Å². The molecule has 1 aromatic rings. The second-order valence-electron chi connectivity index (χ2n) is 3.19. The van der Waals surface area contributed by atoms with Crippen LogP contribution in [0.3, 0.4) is 0 Å². The summed E-state index contributed by atoms with van der Waals surface area (Å²) < 4.78 is 10.4. The molecule has 0 amide bonds. The van der Waals surface area contributed by atoms with Crippen LogP contribution in [0.1, 0.15) is 17.2 Å². The third-order valence-electron chi connectivity index (χ3n) is 2.30. The average molecular weight is 179 g/mol. The predicted octanol–water partition coefficient (Wildman–Crippen LogP) is 1.23. The van der Waals surface area contributed by atoms with Crippen LogP contribution in [0.2, 0.25) is 0 Å². The largest absolute Gasteiger partial charge is 0.497 e. The van der Waals surface area contributed by atoms with Crippen molar-refractivity contribution in [3.8, 4) is 5.75 Å². The lowest BCUT2D eigenvalue weighted by atomic mass is 9.99. The number of rotatable bonds is 1. The molecule has 70 valence electrons. The summed E-state index contributed by atoms with van der Waals surface area (Å²) >= 11 is 0. The maximum Gasteiger partial charge on any atom is 0.119 e. The molecule has 3 nitrogen and oxygen atoms in total. The van der Waals surface area contributed by atoms with Crippen LogP contribution in [0, 0.1) is 0 Å². The normalized spacial score (nSPS) is 20.9. The van der Waals surface area contributed by atoms with Crippen molar-refractivity contribution in [3.63, 3.8) is 0 Å². The number of hydrogen-bond donors (Lipinski definition) is 1. The molecule has 0 aromatic heterocycles. The molecule has 0 spiro atoms. The van der Waals surface area contributed by atoms with E-state index < -0.39 is 0 Å². The van der Waals surface area contributed by atoms with E-state index in [1.165, 1.54) is 5.56 Å². The van der Waals surface area contributed by atoms with Gasteiger partial charge in [-0.2, -0.15) is 0 Å². The van der Waals surface area contributed by atoms with Crippen LogP contribution in [0.4, 0.5) is 0 Å². The third-order valence-corrected chi connectivity index (χ3v) is 2.30. The molecule has 0 aliphatic carbocycles. The van der Waals surface area contributed by atoms with Crippen molar-refractivity contribution in [2.75, 3.05) is 13.7 Å². The fraction of sp³-hybridized carbons (Fsp3) is 0.400. The Bertz CT molecular complexity index is 312.